The Morgan fingerprint density at radius 3 is 2.34 bits per heavy atom. The molecular weight excluding hydrogens is 529 g/mol. The van der Waals surface area contributed by atoms with Gasteiger partial charge in [-0.25, -0.2) is 9.07 Å². The van der Waals surface area contributed by atoms with Crippen LogP contribution < -0.4 is 30.2 Å². The van der Waals surface area contributed by atoms with E-state index in [1.165, 1.54) is 44.7 Å². The summed E-state index contributed by atoms with van der Waals surface area (Å²) < 4.78 is 31.5. The van der Waals surface area contributed by atoms with Crippen LogP contribution in [0.3, 0.4) is 0 Å². The fraction of sp³-hybridized carbons (Fsp3) is 0.167. The number of fused-ring (bicyclic) bond motifs is 1. The number of benzene rings is 3. The lowest BCUT2D eigenvalue weighted by Crippen LogP contribution is -2.32. The molecule has 10 nitrogen and oxygen atoms in total. The Kier molecular flexibility index (Phi) is 7.59. The van der Waals surface area contributed by atoms with Crippen LogP contribution in [0.15, 0.2) is 84.2 Å². The van der Waals surface area contributed by atoms with Crippen molar-refractivity contribution in [2.24, 2.45) is 0 Å². The van der Waals surface area contributed by atoms with Gasteiger partial charge < -0.3 is 30.2 Å². The number of nitrogens with zero attached hydrogens (tertiary/aromatic N) is 2. The summed E-state index contributed by atoms with van der Waals surface area (Å²) in [5, 5.41) is 13.4. The Labute approximate surface area is 235 Å². The van der Waals surface area contributed by atoms with Crippen molar-refractivity contribution in [3.63, 3.8) is 0 Å². The van der Waals surface area contributed by atoms with Gasteiger partial charge in [-0.1, -0.05) is 12.1 Å². The number of anilines is 3. The maximum Gasteiger partial charge on any atom is 0.261 e. The molecule has 0 spiro atoms. The highest BCUT2D eigenvalue weighted by Gasteiger charge is 2.37. The van der Waals surface area contributed by atoms with E-state index in [0.29, 0.717) is 51.3 Å². The first kappa shape index (κ1) is 27.3. The van der Waals surface area contributed by atoms with Crippen molar-refractivity contribution in [2.75, 3.05) is 37.3 Å². The number of carbonyl (C=O) groups is 2. The molecule has 4 aromatic rings. The summed E-state index contributed by atoms with van der Waals surface area (Å²) in [5.41, 5.74) is 2.56. The van der Waals surface area contributed by atoms with Crippen LogP contribution in [0.25, 0.3) is 0 Å². The summed E-state index contributed by atoms with van der Waals surface area (Å²) >= 11 is 0. The number of methoxy groups -OCH3 is 3. The van der Waals surface area contributed by atoms with E-state index in [2.05, 4.69) is 21.0 Å². The number of hydrogen-bond donors (Lipinski definition) is 3. The largest absolute Gasteiger partial charge is 0.497 e. The molecule has 210 valence electrons. The second kappa shape index (κ2) is 11.4. The highest BCUT2D eigenvalue weighted by molar-refractivity contribution is 6.10. The summed E-state index contributed by atoms with van der Waals surface area (Å²) in [5.74, 6) is 0.617. The van der Waals surface area contributed by atoms with Gasteiger partial charge >= 0.3 is 0 Å². The number of aromatic nitrogens is 2. The van der Waals surface area contributed by atoms with E-state index in [0.717, 1.165) is 0 Å². The zero-order valence-corrected chi connectivity index (χ0v) is 22.8. The van der Waals surface area contributed by atoms with Gasteiger partial charge in [-0.2, -0.15) is 5.10 Å². The number of halogens is 1. The molecule has 0 unspecified atom stereocenters. The fourth-order valence-electron chi connectivity index (χ4n) is 4.73. The molecule has 0 saturated heterocycles. The first-order valence-electron chi connectivity index (χ1n) is 12.6. The van der Waals surface area contributed by atoms with Crippen molar-refractivity contribution in [1.29, 1.82) is 0 Å². The highest BCUT2D eigenvalue weighted by atomic mass is 19.1. The number of allylic oxidation sites excluding steroid dienone is 1. The van der Waals surface area contributed by atoms with Crippen LogP contribution in [0.2, 0.25) is 0 Å². The number of hydrogen-bond acceptors (Lipinski definition) is 7. The number of amides is 2. The number of rotatable bonds is 8. The number of nitrogens with one attached hydrogen (secondary N) is 3. The molecule has 0 saturated carbocycles. The van der Waals surface area contributed by atoms with Gasteiger partial charge in [-0.15, -0.1) is 0 Å². The lowest BCUT2D eigenvalue weighted by Gasteiger charge is -2.31. The molecule has 3 aromatic carbocycles. The minimum absolute atomic E-state index is 0.227. The van der Waals surface area contributed by atoms with Gasteiger partial charge in [-0.3, -0.25) is 9.59 Å². The summed E-state index contributed by atoms with van der Waals surface area (Å²) in [6.45, 7) is 1.74. The van der Waals surface area contributed by atoms with Gasteiger partial charge in [-0.05, 0) is 61.5 Å². The van der Waals surface area contributed by atoms with Gasteiger partial charge in [0.2, 0.25) is 0 Å². The van der Waals surface area contributed by atoms with Crippen molar-refractivity contribution in [1.82, 2.24) is 9.78 Å². The standard InChI is InChI=1S/C30H28FN5O5/c1-17-26(30(38)35-23-7-5-6-8-25(23)41-4)27(21-15-20(39-2)13-14-24(21)40-3)36-28(33-17)22(16-32-36)29(37)34-19-11-9-18(31)10-12-19/h5-16,27,33H,1-4H3,(H,34,37)(H,35,38)/t27-/m1/s1. The molecular formula is C30H28FN5O5. The normalized spacial score (nSPS) is 14.0. The Bertz CT molecular complexity index is 1650. The van der Waals surface area contributed by atoms with Crippen LogP contribution in [0.5, 0.6) is 17.2 Å². The topological polar surface area (TPSA) is 116 Å². The molecule has 0 aliphatic carbocycles. The van der Waals surface area contributed by atoms with E-state index in [9.17, 15) is 14.0 Å². The molecule has 5 rings (SSSR count). The predicted molar refractivity (Wildman–Crippen MR) is 152 cm³/mol. The van der Waals surface area contributed by atoms with E-state index in [1.54, 1.807) is 61.2 Å². The molecule has 11 heteroatoms. The van der Waals surface area contributed by atoms with Gasteiger partial charge in [0.15, 0.2) is 0 Å². The summed E-state index contributed by atoms with van der Waals surface area (Å²) in [7, 11) is 4.60. The maximum atomic E-state index is 13.9. The first-order chi connectivity index (χ1) is 19.8. The van der Waals surface area contributed by atoms with E-state index in [1.807, 2.05) is 0 Å². The number of para-hydroxylation sites is 2. The Morgan fingerprint density at radius 1 is 0.902 bits per heavy atom. The zero-order chi connectivity index (χ0) is 29.1. The molecule has 0 fully saturated rings. The Morgan fingerprint density at radius 2 is 1.63 bits per heavy atom. The van der Waals surface area contributed by atoms with E-state index < -0.39 is 23.7 Å². The Hall–Kier alpha value is -5.32. The van der Waals surface area contributed by atoms with Gasteiger partial charge in [0.05, 0.1) is 38.8 Å². The van der Waals surface area contributed by atoms with Crippen LogP contribution >= 0.6 is 0 Å². The molecule has 1 atom stereocenters. The van der Waals surface area contributed by atoms with Crippen LogP contribution in [0.4, 0.5) is 21.6 Å². The van der Waals surface area contributed by atoms with Crippen LogP contribution in [-0.2, 0) is 4.79 Å². The SMILES string of the molecule is COc1ccc(OC)c([C@@H]2C(C(=O)Nc3ccccc3OC)=C(C)Nc3c(C(=O)Nc4ccc(F)cc4)cnn32)c1. The highest BCUT2D eigenvalue weighted by Crippen LogP contribution is 2.42. The third-order valence-corrected chi connectivity index (χ3v) is 6.70. The average molecular weight is 558 g/mol. The van der Waals surface area contributed by atoms with Crippen LogP contribution in [0.1, 0.15) is 28.9 Å². The second-order valence-electron chi connectivity index (χ2n) is 9.14. The quantitative estimate of drug-likeness (QED) is 0.272. The van der Waals surface area contributed by atoms with Crippen molar-refractivity contribution >= 4 is 29.0 Å². The van der Waals surface area contributed by atoms with Gasteiger partial charge in [0.25, 0.3) is 11.8 Å². The molecule has 3 N–H and O–H groups in total. The van der Waals surface area contributed by atoms with E-state index in [4.69, 9.17) is 14.2 Å². The molecule has 2 amide bonds. The molecule has 0 bridgehead atoms. The van der Waals surface area contributed by atoms with E-state index in [-0.39, 0.29) is 5.56 Å². The van der Waals surface area contributed by atoms with Crippen molar-refractivity contribution in [2.45, 2.75) is 13.0 Å². The monoisotopic (exact) mass is 557 g/mol. The number of carbonyl (C=O) groups excluding carboxylic acids is 2. The smallest absolute Gasteiger partial charge is 0.261 e. The fourth-order valence-corrected chi connectivity index (χ4v) is 4.73. The molecule has 1 aliphatic rings. The molecule has 41 heavy (non-hydrogen) atoms. The molecule has 0 radical (unpaired) electrons. The predicted octanol–water partition coefficient (Wildman–Crippen LogP) is 5.23. The second-order valence-corrected chi connectivity index (χ2v) is 9.14. The molecule has 1 aliphatic heterocycles. The average Bonchev–Trinajstić information content (AvgIpc) is 3.41. The lowest BCUT2D eigenvalue weighted by molar-refractivity contribution is -0.113. The van der Waals surface area contributed by atoms with E-state index >= 15 is 0 Å². The van der Waals surface area contributed by atoms with Crippen LogP contribution in [0, 0.1) is 5.82 Å². The first-order valence-corrected chi connectivity index (χ1v) is 12.6. The lowest BCUT2D eigenvalue weighted by atomic mass is 9.93. The van der Waals surface area contributed by atoms with Crippen molar-refractivity contribution in [3.05, 3.63) is 101 Å². The van der Waals surface area contributed by atoms with Crippen LogP contribution in [-0.4, -0.2) is 42.9 Å². The van der Waals surface area contributed by atoms with Gasteiger partial charge in [0, 0.05) is 16.9 Å². The summed E-state index contributed by atoms with van der Waals surface area (Å²) in [6, 6.07) is 17.0. The van der Waals surface area contributed by atoms with Crippen molar-refractivity contribution < 1.29 is 28.2 Å². The minimum Gasteiger partial charge on any atom is -0.497 e. The Balaban J connectivity index is 1.60. The molecule has 1 aromatic heterocycles. The summed E-state index contributed by atoms with van der Waals surface area (Å²) in [4.78, 5) is 27.2. The summed E-state index contributed by atoms with van der Waals surface area (Å²) in [6.07, 6.45) is 1.41. The third-order valence-electron chi connectivity index (χ3n) is 6.70. The molecule has 2 heterocycles. The van der Waals surface area contributed by atoms with Gasteiger partial charge in [0.1, 0.15) is 40.5 Å². The maximum absolute atomic E-state index is 13.9. The van der Waals surface area contributed by atoms with Crippen molar-refractivity contribution in [3.8, 4) is 17.2 Å². The zero-order valence-electron chi connectivity index (χ0n) is 22.8. The minimum atomic E-state index is -0.807. The third kappa shape index (κ3) is 5.29. The number of ether oxygens (including phenoxy) is 3.